The van der Waals surface area contributed by atoms with E-state index in [0.29, 0.717) is 6.54 Å². The van der Waals surface area contributed by atoms with E-state index in [2.05, 4.69) is 6.04 Å². The van der Waals surface area contributed by atoms with Gasteiger partial charge in [-0.15, -0.1) is 0 Å². The van der Waals surface area contributed by atoms with Crippen LogP contribution in [0.3, 0.4) is 0 Å². The first-order valence-electron chi connectivity index (χ1n) is 4.07. The third kappa shape index (κ3) is 2.41. The van der Waals surface area contributed by atoms with E-state index < -0.39 is 0 Å². The number of benzene rings is 1. The number of nitrogens with zero attached hydrogens (tertiary/aromatic N) is 1. The largest absolute Gasteiger partial charge is 0.496 e. The highest BCUT2D eigenvalue weighted by Gasteiger charge is 2.02. The second-order valence-electron chi connectivity index (χ2n) is 2.80. The lowest BCUT2D eigenvalue weighted by Gasteiger charge is -2.13. The highest BCUT2D eigenvalue weighted by atomic mass is 16.5. The van der Waals surface area contributed by atoms with Gasteiger partial charge in [0.15, 0.2) is 0 Å². The zero-order valence-corrected chi connectivity index (χ0v) is 7.95. The molecule has 13 heavy (non-hydrogen) atoms. The Morgan fingerprint density at radius 3 is 2.77 bits per heavy atom. The van der Waals surface area contributed by atoms with E-state index in [1.54, 1.807) is 12.0 Å². The van der Waals surface area contributed by atoms with Crippen molar-refractivity contribution in [2.24, 2.45) is 0 Å². The van der Waals surface area contributed by atoms with Crippen molar-refractivity contribution < 1.29 is 4.74 Å². The maximum atomic E-state index is 5.25. The summed E-state index contributed by atoms with van der Waals surface area (Å²) in [6.07, 6.45) is 5.25. The Labute approximate surface area is 79.1 Å². The lowest BCUT2D eigenvalue weighted by molar-refractivity contribution is 0.395. The Morgan fingerprint density at radius 2 is 2.15 bits per heavy atom. The molecular formula is C11H13NO. The molecule has 2 nitrogen and oxygen atoms in total. The zero-order valence-electron chi connectivity index (χ0n) is 7.95. The summed E-state index contributed by atoms with van der Waals surface area (Å²) in [6.45, 7) is 0.709. The van der Waals surface area contributed by atoms with Crippen LogP contribution in [-0.2, 0) is 6.54 Å². The molecule has 0 heterocycles. The Morgan fingerprint density at radius 1 is 1.46 bits per heavy atom. The van der Waals surface area contributed by atoms with Crippen LogP contribution in [0, 0.1) is 12.5 Å². The quantitative estimate of drug-likeness (QED) is 0.512. The summed E-state index contributed by atoms with van der Waals surface area (Å²) in [6, 6.07) is 10.4. The summed E-state index contributed by atoms with van der Waals surface area (Å²) in [4.78, 5) is 1.78. The van der Waals surface area contributed by atoms with E-state index >= 15 is 0 Å². The summed E-state index contributed by atoms with van der Waals surface area (Å²) in [5, 5.41) is 0. The van der Waals surface area contributed by atoms with Gasteiger partial charge in [0.05, 0.1) is 13.7 Å². The van der Waals surface area contributed by atoms with Crippen molar-refractivity contribution >= 4 is 0 Å². The molecule has 0 aromatic heterocycles. The Hall–Kier alpha value is -1.62. The van der Waals surface area contributed by atoms with Gasteiger partial charge in [-0.05, 0) is 6.07 Å². The molecule has 0 radical (unpaired) electrons. The van der Waals surface area contributed by atoms with Crippen molar-refractivity contribution in [1.29, 1.82) is 0 Å². The Balaban J connectivity index is 2.82. The van der Waals surface area contributed by atoms with Crippen molar-refractivity contribution in [3.8, 4) is 18.2 Å². The lowest BCUT2D eigenvalue weighted by atomic mass is 10.2. The van der Waals surface area contributed by atoms with Gasteiger partial charge in [-0.25, -0.2) is 0 Å². The van der Waals surface area contributed by atoms with Crippen LogP contribution in [0.5, 0.6) is 5.75 Å². The summed E-state index contributed by atoms with van der Waals surface area (Å²) < 4.78 is 5.20. The minimum absolute atomic E-state index is 0.709. The number of ether oxygens (including phenoxy) is 1. The molecule has 0 saturated carbocycles. The molecule has 0 amide bonds. The molecule has 0 aliphatic rings. The number of rotatable bonds is 3. The van der Waals surface area contributed by atoms with E-state index in [9.17, 15) is 0 Å². The van der Waals surface area contributed by atoms with Crippen molar-refractivity contribution in [2.45, 2.75) is 6.54 Å². The van der Waals surface area contributed by atoms with Gasteiger partial charge in [0.1, 0.15) is 5.75 Å². The fourth-order valence-corrected chi connectivity index (χ4v) is 1.13. The molecule has 0 atom stereocenters. The maximum Gasteiger partial charge on any atom is 0.123 e. The molecule has 0 unspecified atom stereocenters. The van der Waals surface area contributed by atoms with Crippen LogP contribution in [0.25, 0.3) is 0 Å². The molecule has 0 saturated heterocycles. The van der Waals surface area contributed by atoms with E-state index in [1.165, 1.54) is 0 Å². The van der Waals surface area contributed by atoms with Gasteiger partial charge in [0, 0.05) is 18.7 Å². The molecule has 0 bridgehead atoms. The minimum Gasteiger partial charge on any atom is -0.496 e. The smallest absolute Gasteiger partial charge is 0.123 e. The van der Waals surface area contributed by atoms with Crippen molar-refractivity contribution in [3.05, 3.63) is 29.8 Å². The molecule has 0 N–H and O–H groups in total. The van der Waals surface area contributed by atoms with Crippen LogP contribution < -0.4 is 4.74 Å². The summed E-state index contributed by atoms with van der Waals surface area (Å²) in [7, 11) is 3.53. The van der Waals surface area contributed by atoms with Crippen molar-refractivity contribution in [2.75, 3.05) is 14.2 Å². The minimum atomic E-state index is 0.709. The van der Waals surface area contributed by atoms with Crippen LogP contribution in [0.1, 0.15) is 5.56 Å². The number of hydrogen-bond acceptors (Lipinski definition) is 2. The first-order valence-corrected chi connectivity index (χ1v) is 4.07. The van der Waals surface area contributed by atoms with Gasteiger partial charge in [-0.1, -0.05) is 24.6 Å². The second kappa shape index (κ2) is 4.42. The number of hydrogen-bond donors (Lipinski definition) is 0. The molecular weight excluding hydrogens is 162 g/mol. The zero-order chi connectivity index (χ0) is 9.68. The molecule has 0 fully saturated rings. The summed E-state index contributed by atoms with van der Waals surface area (Å²) >= 11 is 0. The normalized spacial score (nSPS) is 9.00. The molecule has 68 valence electrons. The number of para-hydroxylation sites is 1. The lowest BCUT2D eigenvalue weighted by Crippen LogP contribution is -2.10. The van der Waals surface area contributed by atoms with E-state index in [1.807, 2.05) is 31.3 Å². The van der Waals surface area contributed by atoms with Crippen LogP contribution in [-0.4, -0.2) is 19.1 Å². The van der Waals surface area contributed by atoms with E-state index in [4.69, 9.17) is 11.2 Å². The average molecular weight is 175 g/mol. The fourth-order valence-electron chi connectivity index (χ4n) is 1.13. The topological polar surface area (TPSA) is 12.5 Å². The van der Waals surface area contributed by atoms with Crippen LogP contribution in [0.15, 0.2) is 24.3 Å². The van der Waals surface area contributed by atoms with E-state index in [-0.39, 0.29) is 0 Å². The van der Waals surface area contributed by atoms with Crippen LogP contribution in [0.2, 0.25) is 0 Å². The molecule has 1 aromatic carbocycles. The second-order valence-corrected chi connectivity index (χ2v) is 2.80. The first-order chi connectivity index (χ1) is 6.27. The molecule has 0 aliphatic heterocycles. The molecule has 2 heteroatoms. The van der Waals surface area contributed by atoms with Crippen molar-refractivity contribution in [3.63, 3.8) is 0 Å². The molecule has 0 aliphatic carbocycles. The predicted octanol–water partition coefficient (Wildman–Crippen LogP) is 1.72. The van der Waals surface area contributed by atoms with Gasteiger partial charge < -0.3 is 9.64 Å². The number of methoxy groups -OCH3 is 1. The van der Waals surface area contributed by atoms with Gasteiger partial charge >= 0.3 is 0 Å². The maximum absolute atomic E-state index is 5.25. The van der Waals surface area contributed by atoms with Gasteiger partial charge in [0.2, 0.25) is 0 Å². The monoisotopic (exact) mass is 175 g/mol. The first kappa shape index (κ1) is 9.47. The average Bonchev–Trinajstić information content (AvgIpc) is 2.18. The Bertz CT molecular complexity index is 314. The predicted molar refractivity (Wildman–Crippen MR) is 53.3 cm³/mol. The number of terminal acetylenes is 1. The summed E-state index contributed by atoms with van der Waals surface area (Å²) in [5.41, 5.74) is 1.10. The van der Waals surface area contributed by atoms with Crippen molar-refractivity contribution in [1.82, 2.24) is 4.90 Å². The third-order valence-corrected chi connectivity index (χ3v) is 1.82. The highest BCUT2D eigenvalue weighted by Crippen LogP contribution is 2.18. The van der Waals surface area contributed by atoms with Gasteiger partial charge in [0.25, 0.3) is 0 Å². The SMILES string of the molecule is C#CN(C)Cc1ccccc1OC. The van der Waals surface area contributed by atoms with Gasteiger partial charge in [-0.3, -0.25) is 0 Å². The third-order valence-electron chi connectivity index (χ3n) is 1.82. The van der Waals surface area contributed by atoms with Gasteiger partial charge in [-0.2, -0.15) is 0 Å². The Kier molecular flexibility index (Phi) is 3.22. The molecule has 0 spiro atoms. The standard InChI is InChI=1S/C11H13NO/c1-4-12(2)9-10-7-5-6-8-11(10)13-3/h1,5-8H,9H2,2-3H3. The van der Waals surface area contributed by atoms with Crippen LogP contribution >= 0.6 is 0 Å². The highest BCUT2D eigenvalue weighted by molar-refractivity contribution is 5.33. The summed E-state index contributed by atoms with van der Waals surface area (Å²) in [5.74, 6) is 0.879. The molecule has 1 aromatic rings. The molecule has 1 rings (SSSR count). The van der Waals surface area contributed by atoms with E-state index in [0.717, 1.165) is 11.3 Å². The van der Waals surface area contributed by atoms with Crippen LogP contribution in [0.4, 0.5) is 0 Å². The fraction of sp³-hybridized carbons (Fsp3) is 0.273.